The van der Waals surface area contributed by atoms with Crippen LogP contribution in [0.5, 0.6) is 0 Å². The van der Waals surface area contributed by atoms with Crippen molar-refractivity contribution in [2.75, 3.05) is 5.75 Å². The first-order valence-electron chi connectivity index (χ1n) is 5.23. The molecule has 0 aromatic carbocycles. The summed E-state index contributed by atoms with van der Waals surface area (Å²) in [5.74, 6) is 1.54. The van der Waals surface area contributed by atoms with E-state index in [2.05, 4.69) is 36.6 Å². The topological polar surface area (TPSA) is 23.8 Å². The summed E-state index contributed by atoms with van der Waals surface area (Å²) in [4.78, 5) is 1.46. The Labute approximate surface area is 109 Å². The number of nitrogens with zero attached hydrogens (tertiary/aromatic N) is 1. The molecule has 0 fully saturated rings. The van der Waals surface area contributed by atoms with Crippen molar-refractivity contribution in [2.45, 2.75) is 22.8 Å². The lowest BCUT2D eigenvalue weighted by Crippen LogP contribution is -1.95. The third kappa shape index (κ3) is 2.85. The van der Waals surface area contributed by atoms with Gasteiger partial charge in [0.25, 0.3) is 0 Å². The summed E-state index contributed by atoms with van der Waals surface area (Å²) in [6.45, 7) is 2.27. The first-order valence-corrected chi connectivity index (χ1v) is 7.97. The van der Waals surface area contributed by atoms with Gasteiger partial charge in [-0.3, -0.25) is 0 Å². The van der Waals surface area contributed by atoms with Gasteiger partial charge >= 0.3 is 0 Å². The van der Waals surface area contributed by atoms with Gasteiger partial charge in [0.2, 0.25) is 0 Å². The number of nitriles is 1. The van der Waals surface area contributed by atoms with Crippen molar-refractivity contribution in [3.8, 4) is 6.07 Å². The SMILES string of the molecule is CC1C=CSC1c1ccc(SCCC#N)s1. The van der Waals surface area contributed by atoms with E-state index in [0.29, 0.717) is 17.6 Å². The third-order valence-corrected chi connectivity index (χ3v) is 6.26. The van der Waals surface area contributed by atoms with Crippen molar-refractivity contribution in [1.29, 1.82) is 5.26 Å². The van der Waals surface area contributed by atoms with Gasteiger partial charge in [-0.05, 0) is 23.5 Å². The van der Waals surface area contributed by atoms with Gasteiger partial charge in [0, 0.05) is 22.3 Å². The van der Waals surface area contributed by atoms with Crippen LogP contribution in [0.1, 0.15) is 23.5 Å². The Hall–Kier alpha value is -0.370. The maximum Gasteiger partial charge on any atom is 0.0630 e. The van der Waals surface area contributed by atoms with E-state index < -0.39 is 0 Å². The zero-order valence-electron chi connectivity index (χ0n) is 9.05. The van der Waals surface area contributed by atoms with Crippen LogP contribution in [0.15, 0.2) is 27.8 Å². The summed E-state index contributed by atoms with van der Waals surface area (Å²) in [6.07, 6.45) is 2.91. The quantitative estimate of drug-likeness (QED) is 0.584. The van der Waals surface area contributed by atoms with Gasteiger partial charge in [-0.1, -0.05) is 13.0 Å². The molecule has 0 radical (unpaired) electrons. The summed E-state index contributed by atoms with van der Waals surface area (Å²) in [7, 11) is 0. The molecule has 2 unspecified atom stereocenters. The molecule has 0 spiro atoms. The fourth-order valence-electron chi connectivity index (χ4n) is 1.57. The van der Waals surface area contributed by atoms with Gasteiger partial charge in [0.15, 0.2) is 0 Å². The molecule has 1 nitrogen and oxygen atoms in total. The van der Waals surface area contributed by atoms with E-state index in [1.165, 1.54) is 9.09 Å². The summed E-state index contributed by atoms with van der Waals surface area (Å²) < 4.78 is 1.34. The molecule has 1 aliphatic rings. The molecular formula is C12H13NS3. The van der Waals surface area contributed by atoms with Gasteiger partial charge in [-0.2, -0.15) is 5.26 Å². The monoisotopic (exact) mass is 267 g/mol. The molecule has 4 heteroatoms. The van der Waals surface area contributed by atoms with Crippen LogP contribution in [0.4, 0.5) is 0 Å². The smallest absolute Gasteiger partial charge is 0.0630 e. The van der Waals surface area contributed by atoms with Crippen LogP contribution >= 0.6 is 34.9 Å². The van der Waals surface area contributed by atoms with Crippen molar-refractivity contribution in [3.05, 3.63) is 28.5 Å². The van der Waals surface area contributed by atoms with E-state index in [1.54, 1.807) is 11.8 Å². The fraction of sp³-hybridized carbons (Fsp3) is 0.417. The van der Waals surface area contributed by atoms with Crippen LogP contribution in [0.2, 0.25) is 0 Å². The molecule has 2 rings (SSSR count). The van der Waals surface area contributed by atoms with Crippen LogP contribution in [-0.2, 0) is 0 Å². The van der Waals surface area contributed by atoms with Crippen molar-refractivity contribution in [1.82, 2.24) is 0 Å². The number of hydrogen-bond acceptors (Lipinski definition) is 4. The van der Waals surface area contributed by atoms with E-state index in [4.69, 9.17) is 5.26 Å². The molecule has 2 atom stereocenters. The third-order valence-electron chi connectivity index (χ3n) is 2.43. The lowest BCUT2D eigenvalue weighted by atomic mass is 10.1. The highest BCUT2D eigenvalue weighted by Crippen LogP contribution is 2.46. The Bertz CT molecular complexity index is 416. The maximum absolute atomic E-state index is 8.49. The van der Waals surface area contributed by atoms with Crippen molar-refractivity contribution in [2.24, 2.45) is 5.92 Å². The first-order chi connectivity index (χ1) is 7.81. The van der Waals surface area contributed by atoms with Gasteiger partial charge < -0.3 is 0 Å². The molecule has 0 N–H and O–H groups in total. The standard InChI is InChI=1S/C12H13NS3/c1-9-5-8-15-12(9)10-3-4-11(16-10)14-7-2-6-13/h3-5,8-9,12H,2,7H2,1H3. The Morgan fingerprint density at radius 3 is 3.06 bits per heavy atom. The second-order valence-electron chi connectivity index (χ2n) is 3.66. The maximum atomic E-state index is 8.49. The average Bonchev–Trinajstić information content (AvgIpc) is 2.87. The Balaban J connectivity index is 1.95. The predicted octanol–water partition coefficient (Wildman–Crippen LogP) is 4.69. The molecule has 1 aromatic rings. The predicted molar refractivity (Wildman–Crippen MR) is 73.9 cm³/mol. The van der Waals surface area contributed by atoms with Crippen LogP contribution in [0.25, 0.3) is 0 Å². The number of hydrogen-bond donors (Lipinski definition) is 0. The molecule has 0 bridgehead atoms. The molecule has 84 valence electrons. The van der Waals surface area contributed by atoms with Gasteiger partial charge in [-0.15, -0.1) is 34.9 Å². The van der Waals surface area contributed by atoms with E-state index in [0.717, 1.165) is 5.75 Å². The lowest BCUT2D eigenvalue weighted by molar-refractivity contribution is 0.728. The summed E-state index contributed by atoms with van der Waals surface area (Å²) >= 11 is 5.58. The molecule has 1 aromatic heterocycles. The van der Waals surface area contributed by atoms with Crippen LogP contribution in [0.3, 0.4) is 0 Å². The molecule has 2 heterocycles. The molecule has 0 aliphatic carbocycles. The van der Waals surface area contributed by atoms with Crippen LogP contribution in [0, 0.1) is 17.2 Å². The summed E-state index contributed by atoms with van der Waals surface area (Å²) in [5, 5.41) is 11.3. The van der Waals surface area contributed by atoms with Gasteiger partial charge in [0.05, 0.1) is 10.3 Å². The average molecular weight is 267 g/mol. The number of allylic oxidation sites excluding steroid dienone is 1. The molecule has 0 saturated carbocycles. The van der Waals surface area contributed by atoms with Crippen LogP contribution < -0.4 is 0 Å². The van der Waals surface area contributed by atoms with E-state index in [1.807, 2.05) is 23.1 Å². The second-order valence-corrected chi connectivity index (χ2v) is 7.22. The Morgan fingerprint density at radius 2 is 2.38 bits per heavy atom. The lowest BCUT2D eigenvalue weighted by Gasteiger charge is -2.11. The largest absolute Gasteiger partial charge is 0.198 e. The highest BCUT2D eigenvalue weighted by atomic mass is 32.2. The Morgan fingerprint density at radius 1 is 1.50 bits per heavy atom. The minimum absolute atomic E-state index is 0.607. The van der Waals surface area contributed by atoms with Crippen LogP contribution in [-0.4, -0.2) is 5.75 Å². The fourth-order valence-corrected chi connectivity index (χ4v) is 5.11. The summed E-state index contributed by atoms with van der Waals surface area (Å²) in [6, 6.07) is 6.60. The van der Waals surface area contributed by atoms with Gasteiger partial charge in [-0.25, -0.2) is 0 Å². The Kier molecular flexibility index (Phi) is 4.39. The van der Waals surface area contributed by atoms with E-state index in [9.17, 15) is 0 Å². The second kappa shape index (κ2) is 5.81. The molecular weight excluding hydrogens is 254 g/mol. The summed E-state index contributed by atoms with van der Waals surface area (Å²) in [5.41, 5.74) is 0. The highest BCUT2D eigenvalue weighted by Gasteiger charge is 2.22. The van der Waals surface area contributed by atoms with Crippen molar-refractivity contribution < 1.29 is 0 Å². The number of thiophene rings is 1. The van der Waals surface area contributed by atoms with Crippen molar-refractivity contribution >= 4 is 34.9 Å². The molecule has 0 amide bonds. The minimum Gasteiger partial charge on any atom is -0.198 e. The van der Waals surface area contributed by atoms with E-state index in [-0.39, 0.29) is 0 Å². The highest BCUT2D eigenvalue weighted by molar-refractivity contribution is 8.03. The molecule has 0 saturated heterocycles. The number of rotatable bonds is 4. The molecule has 1 aliphatic heterocycles. The zero-order chi connectivity index (χ0) is 11.4. The first kappa shape index (κ1) is 12.1. The zero-order valence-corrected chi connectivity index (χ0v) is 11.5. The number of thioether (sulfide) groups is 2. The van der Waals surface area contributed by atoms with Crippen molar-refractivity contribution in [3.63, 3.8) is 0 Å². The normalized spacial score (nSPS) is 23.5. The molecule has 16 heavy (non-hydrogen) atoms. The van der Waals surface area contributed by atoms with Gasteiger partial charge in [0.1, 0.15) is 0 Å². The minimum atomic E-state index is 0.607. The van der Waals surface area contributed by atoms with E-state index >= 15 is 0 Å².